The van der Waals surface area contributed by atoms with E-state index in [2.05, 4.69) is 0 Å². The lowest BCUT2D eigenvalue weighted by atomic mass is 9.95. The van der Waals surface area contributed by atoms with E-state index >= 15 is 0 Å². The number of hydrogen-bond acceptors (Lipinski definition) is 4. The number of methoxy groups -OCH3 is 1. The lowest BCUT2D eigenvalue weighted by Crippen LogP contribution is -2.29. The van der Waals surface area contributed by atoms with Gasteiger partial charge in [0.15, 0.2) is 0 Å². The number of nitrogens with zero attached hydrogens (tertiary/aromatic N) is 1. The van der Waals surface area contributed by atoms with Gasteiger partial charge in [0, 0.05) is 11.3 Å². The molecular formula is C24H18FNO4. The highest BCUT2D eigenvalue weighted by Gasteiger charge is 2.46. The maximum atomic E-state index is 13.5. The number of hydrogen-bond donors (Lipinski definition) is 1. The molecule has 1 aliphatic heterocycles. The predicted octanol–water partition coefficient (Wildman–Crippen LogP) is 4.46. The molecule has 1 aliphatic rings. The molecule has 5 nitrogen and oxygen atoms in total. The Morgan fingerprint density at radius 2 is 1.57 bits per heavy atom. The number of carbonyl (C=O) groups excluding carboxylic acids is 2. The number of rotatable bonds is 4. The van der Waals surface area contributed by atoms with Crippen molar-refractivity contribution in [3.63, 3.8) is 0 Å². The zero-order chi connectivity index (χ0) is 21.3. The van der Waals surface area contributed by atoms with Crippen LogP contribution in [0.1, 0.15) is 17.2 Å². The van der Waals surface area contributed by atoms with Gasteiger partial charge < -0.3 is 9.84 Å². The van der Waals surface area contributed by atoms with Crippen LogP contribution in [0, 0.1) is 5.82 Å². The van der Waals surface area contributed by atoms with Crippen molar-refractivity contribution in [3.05, 3.63) is 101 Å². The van der Waals surface area contributed by atoms with Crippen molar-refractivity contribution in [2.75, 3.05) is 12.0 Å². The van der Waals surface area contributed by atoms with Crippen LogP contribution in [0.25, 0.3) is 5.76 Å². The van der Waals surface area contributed by atoms with E-state index in [0.29, 0.717) is 22.6 Å². The van der Waals surface area contributed by atoms with Gasteiger partial charge in [-0.2, -0.15) is 0 Å². The average molecular weight is 403 g/mol. The Morgan fingerprint density at radius 3 is 2.17 bits per heavy atom. The van der Waals surface area contributed by atoms with Gasteiger partial charge in [0.1, 0.15) is 17.3 Å². The first-order chi connectivity index (χ1) is 14.5. The van der Waals surface area contributed by atoms with Gasteiger partial charge in [-0.15, -0.1) is 0 Å². The predicted molar refractivity (Wildman–Crippen MR) is 111 cm³/mol. The number of anilines is 1. The summed E-state index contributed by atoms with van der Waals surface area (Å²) in [5.74, 6) is -1.70. The molecule has 6 heteroatoms. The third kappa shape index (κ3) is 3.33. The molecule has 150 valence electrons. The largest absolute Gasteiger partial charge is 0.507 e. The summed E-state index contributed by atoms with van der Waals surface area (Å²) in [7, 11) is 1.53. The molecule has 0 spiro atoms. The van der Waals surface area contributed by atoms with Crippen LogP contribution in [0.15, 0.2) is 84.4 Å². The Bertz CT molecular complexity index is 1120. The average Bonchev–Trinajstić information content (AvgIpc) is 3.05. The molecular weight excluding hydrogens is 385 g/mol. The highest BCUT2D eigenvalue weighted by atomic mass is 19.1. The minimum atomic E-state index is -0.904. The molecule has 3 aromatic carbocycles. The van der Waals surface area contributed by atoms with Gasteiger partial charge in [-0.05, 0) is 42.0 Å². The molecule has 30 heavy (non-hydrogen) atoms. The summed E-state index contributed by atoms with van der Waals surface area (Å²) in [4.78, 5) is 27.3. The van der Waals surface area contributed by atoms with E-state index < -0.39 is 23.5 Å². The second-order valence-electron chi connectivity index (χ2n) is 6.78. The monoisotopic (exact) mass is 403 g/mol. The van der Waals surface area contributed by atoms with E-state index in [9.17, 15) is 19.1 Å². The molecule has 0 radical (unpaired) electrons. The van der Waals surface area contributed by atoms with Crippen LogP contribution in [0.5, 0.6) is 5.75 Å². The number of amides is 1. The first-order valence-corrected chi connectivity index (χ1v) is 9.27. The quantitative estimate of drug-likeness (QED) is 0.397. The normalized spacial score (nSPS) is 17.9. The second kappa shape index (κ2) is 7.83. The lowest BCUT2D eigenvalue weighted by molar-refractivity contribution is -0.132. The number of carbonyl (C=O) groups is 2. The number of halogens is 1. The van der Waals surface area contributed by atoms with E-state index in [-0.39, 0.29) is 11.3 Å². The van der Waals surface area contributed by atoms with Gasteiger partial charge in [-0.25, -0.2) is 4.39 Å². The number of Topliss-reactive ketones (excluding diaryl/α,β-unsaturated/α-hetero) is 1. The van der Waals surface area contributed by atoms with Crippen LogP contribution in [0.3, 0.4) is 0 Å². The van der Waals surface area contributed by atoms with Gasteiger partial charge in [-0.3, -0.25) is 14.5 Å². The van der Waals surface area contributed by atoms with Crippen molar-refractivity contribution in [2.45, 2.75) is 6.04 Å². The zero-order valence-electron chi connectivity index (χ0n) is 16.1. The molecule has 0 bridgehead atoms. The summed E-state index contributed by atoms with van der Waals surface area (Å²) in [6.45, 7) is 0. The number of benzene rings is 3. The number of ether oxygens (including phenoxy) is 1. The summed E-state index contributed by atoms with van der Waals surface area (Å²) < 4.78 is 18.7. The maximum Gasteiger partial charge on any atom is 0.300 e. The fraction of sp³-hybridized carbons (Fsp3) is 0.0833. The third-order valence-corrected chi connectivity index (χ3v) is 5.03. The summed E-state index contributed by atoms with van der Waals surface area (Å²) in [6.07, 6.45) is 0. The zero-order valence-corrected chi connectivity index (χ0v) is 16.1. The molecule has 1 fully saturated rings. The Balaban J connectivity index is 1.92. The molecule has 1 amide bonds. The lowest BCUT2D eigenvalue weighted by Gasteiger charge is -2.25. The Morgan fingerprint density at radius 1 is 0.933 bits per heavy atom. The summed E-state index contributed by atoms with van der Waals surface area (Å²) in [5, 5.41) is 10.9. The number of aliphatic hydroxyl groups is 1. The number of aliphatic hydroxyl groups excluding tert-OH is 1. The van der Waals surface area contributed by atoms with Crippen molar-refractivity contribution < 1.29 is 23.8 Å². The molecule has 1 atom stereocenters. The molecule has 1 heterocycles. The van der Waals surface area contributed by atoms with E-state index in [1.54, 1.807) is 54.6 Å². The summed E-state index contributed by atoms with van der Waals surface area (Å²) in [5.41, 5.74) is 1.33. The van der Waals surface area contributed by atoms with Crippen LogP contribution in [-0.2, 0) is 9.59 Å². The molecule has 3 aromatic rings. The second-order valence-corrected chi connectivity index (χ2v) is 6.78. The van der Waals surface area contributed by atoms with Gasteiger partial charge in [0.25, 0.3) is 11.7 Å². The minimum absolute atomic E-state index is 0.0476. The summed E-state index contributed by atoms with van der Waals surface area (Å²) >= 11 is 0. The molecule has 0 aliphatic carbocycles. The Hall–Kier alpha value is -3.93. The topological polar surface area (TPSA) is 66.8 Å². The van der Waals surface area contributed by atoms with E-state index in [4.69, 9.17) is 4.74 Å². The SMILES string of the molecule is COc1ccc(N2C(=O)C(=O)/C(=C(\O)c3ccccc3)C2c2ccc(F)cc2)cc1. The molecule has 1 N–H and O–H groups in total. The van der Waals surface area contributed by atoms with Crippen molar-refractivity contribution in [1.82, 2.24) is 0 Å². The standard InChI is InChI=1S/C24H18FNO4/c1-30-19-13-11-18(12-14-19)26-21(15-7-9-17(25)10-8-15)20(23(28)24(26)29)22(27)16-5-3-2-4-6-16/h2-14,21,27H,1H3/b22-20-. The Kier molecular flexibility index (Phi) is 5.06. The van der Waals surface area contributed by atoms with Crippen LogP contribution in [0.2, 0.25) is 0 Å². The van der Waals surface area contributed by atoms with Crippen LogP contribution in [-0.4, -0.2) is 23.9 Å². The van der Waals surface area contributed by atoms with E-state index in [1.165, 1.54) is 36.3 Å². The van der Waals surface area contributed by atoms with Gasteiger partial charge in [0.05, 0.1) is 18.7 Å². The maximum absolute atomic E-state index is 13.5. The van der Waals surface area contributed by atoms with Gasteiger partial charge in [-0.1, -0.05) is 42.5 Å². The number of ketones is 1. The first kappa shape index (κ1) is 19.4. The van der Waals surface area contributed by atoms with E-state index in [0.717, 1.165) is 0 Å². The highest BCUT2D eigenvalue weighted by molar-refractivity contribution is 6.51. The van der Waals surface area contributed by atoms with Gasteiger partial charge >= 0.3 is 0 Å². The van der Waals surface area contributed by atoms with E-state index in [1.807, 2.05) is 0 Å². The van der Waals surface area contributed by atoms with Crippen molar-refractivity contribution in [3.8, 4) is 5.75 Å². The highest BCUT2D eigenvalue weighted by Crippen LogP contribution is 2.42. The first-order valence-electron chi connectivity index (χ1n) is 9.27. The van der Waals surface area contributed by atoms with Crippen molar-refractivity contribution >= 4 is 23.1 Å². The molecule has 0 aromatic heterocycles. The third-order valence-electron chi connectivity index (χ3n) is 5.03. The molecule has 1 unspecified atom stereocenters. The summed E-state index contributed by atoms with van der Waals surface area (Å²) in [6, 6.07) is 19.8. The van der Waals surface area contributed by atoms with Crippen LogP contribution >= 0.6 is 0 Å². The fourth-order valence-electron chi connectivity index (χ4n) is 3.55. The van der Waals surface area contributed by atoms with Crippen molar-refractivity contribution in [2.24, 2.45) is 0 Å². The van der Waals surface area contributed by atoms with Crippen LogP contribution in [0.4, 0.5) is 10.1 Å². The van der Waals surface area contributed by atoms with Gasteiger partial charge in [0.2, 0.25) is 0 Å². The molecule has 4 rings (SSSR count). The molecule has 1 saturated heterocycles. The smallest absolute Gasteiger partial charge is 0.300 e. The fourth-order valence-corrected chi connectivity index (χ4v) is 3.55. The minimum Gasteiger partial charge on any atom is -0.507 e. The molecule has 0 saturated carbocycles. The Labute approximate surface area is 172 Å². The van der Waals surface area contributed by atoms with Crippen LogP contribution < -0.4 is 9.64 Å². The van der Waals surface area contributed by atoms with Crippen molar-refractivity contribution in [1.29, 1.82) is 0 Å².